The fraction of sp³-hybridized carbons (Fsp3) is 0.300. The van der Waals surface area contributed by atoms with Crippen molar-refractivity contribution in [2.75, 3.05) is 5.73 Å². The van der Waals surface area contributed by atoms with E-state index in [4.69, 9.17) is 5.73 Å². The number of aromatic amines is 1. The van der Waals surface area contributed by atoms with Gasteiger partial charge in [-0.1, -0.05) is 6.92 Å². The largest absolute Gasteiger partial charge is 0.382 e. The molecule has 0 aliphatic heterocycles. The van der Waals surface area contributed by atoms with Crippen LogP contribution in [0, 0.1) is 6.92 Å². The predicted octanol–water partition coefficient (Wildman–Crippen LogP) is 3.35. The maximum atomic E-state index is 5.78. The van der Waals surface area contributed by atoms with Gasteiger partial charge < -0.3 is 5.73 Å². The summed E-state index contributed by atoms with van der Waals surface area (Å²) in [5.41, 5.74) is 9.18. The number of nitrogens with two attached hydrogens (primary N) is 1. The minimum Gasteiger partial charge on any atom is -0.382 e. The van der Waals surface area contributed by atoms with Crippen molar-refractivity contribution in [3.05, 3.63) is 21.0 Å². The smallest absolute Gasteiger partial charge is 0.149 e. The number of aryl methyl sites for hydroxylation is 1. The number of rotatable bonds is 2. The second kappa shape index (κ2) is 3.98. The Kier molecular flexibility index (Phi) is 2.84. The molecule has 0 aliphatic carbocycles. The average Bonchev–Trinajstić information content (AvgIpc) is 2.71. The molecule has 0 saturated carbocycles. The van der Waals surface area contributed by atoms with Crippen molar-refractivity contribution >= 4 is 33.1 Å². The van der Waals surface area contributed by atoms with Gasteiger partial charge in [-0.15, -0.1) is 11.3 Å². The number of halogens is 1. The van der Waals surface area contributed by atoms with Crippen LogP contribution in [-0.4, -0.2) is 10.2 Å². The fourth-order valence-electron chi connectivity index (χ4n) is 1.52. The lowest BCUT2D eigenvalue weighted by atomic mass is 10.1. The molecule has 5 heteroatoms. The van der Waals surface area contributed by atoms with Gasteiger partial charge in [0.1, 0.15) is 5.82 Å². The van der Waals surface area contributed by atoms with Crippen LogP contribution in [-0.2, 0) is 6.42 Å². The van der Waals surface area contributed by atoms with Gasteiger partial charge in [-0.25, -0.2) is 0 Å². The molecule has 3 N–H and O–H groups in total. The zero-order valence-corrected chi connectivity index (χ0v) is 11.0. The first-order valence-corrected chi connectivity index (χ1v) is 6.33. The van der Waals surface area contributed by atoms with Crippen molar-refractivity contribution < 1.29 is 0 Å². The van der Waals surface area contributed by atoms with Crippen molar-refractivity contribution in [3.8, 4) is 10.6 Å². The maximum absolute atomic E-state index is 5.78. The molecule has 0 saturated heterocycles. The molecule has 2 heterocycles. The number of aromatic nitrogens is 2. The van der Waals surface area contributed by atoms with Crippen LogP contribution < -0.4 is 5.73 Å². The summed E-state index contributed by atoms with van der Waals surface area (Å²) in [5, 5.41) is 7.04. The van der Waals surface area contributed by atoms with Crippen LogP contribution in [0.25, 0.3) is 10.6 Å². The summed E-state index contributed by atoms with van der Waals surface area (Å²) < 4.78 is 1.16. The third-order valence-electron chi connectivity index (χ3n) is 2.36. The standard InChI is InChI=1S/C10H12BrN3S/c1-3-6-8(13-14-10(6)12)7-4-5(2)9(11)15-7/h4H,3H2,1-2H3,(H3,12,13,14). The quantitative estimate of drug-likeness (QED) is 0.889. The number of hydrogen-bond acceptors (Lipinski definition) is 3. The van der Waals surface area contributed by atoms with Crippen LogP contribution in [0.5, 0.6) is 0 Å². The molecule has 0 bridgehead atoms. The Hall–Kier alpha value is -0.810. The van der Waals surface area contributed by atoms with E-state index in [1.165, 1.54) is 10.4 Å². The van der Waals surface area contributed by atoms with Gasteiger partial charge in [0.25, 0.3) is 0 Å². The van der Waals surface area contributed by atoms with E-state index in [1.54, 1.807) is 11.3 Å². The highest BCUT2D eigenvalue weighted by molar-refractivity contribution is 9.11. The van der Waals surface area contributed by atoms with Crippen LogP contribution in [0.4, 0.5) is 5.82 Å². The normalized spacial score (nSPS) is 10.9. The highest BCUT2D eigenvalue weighted by atomic mass is 79.9. The zero-order valence-electron chi connectivity index (χ0n) is 8.60. The van der Waals surface area contributed by atoms with Gasteiger partial charge in [0.05, 0.1) is 14.4 Å². The third kappa shape index (κ3) is 1.81. The molecule has 0 fully saturated rings. The Balaban J connectivity index is 2.53. The molecule has 2 rings (SSSR count). The molecule has 80 valence electrons. The van der Waals surface area contributed by atoms with Gasteiger partial charge in [-0.3, -0.25) is 5.10 Å². The highest BCUT2D eigenvalue weighted by Gasteiger charge is 2.13. The maximum Gasteiger partial charge on any atom is 0.149 e. The number of nitrogens with one attached hydrogen (secondary N) is 1. The molecule has 15 heavy (non-hydrogen) atoms. The van der Waals surface area contributed by atoms with Crippen LogP contribution >= 0.6 is 27.3 Å². The number of nitrogen functional groups attached to an aromatic ring is 1. The predicted molar refractivity (Wildman–Crippen MR) is 68.1 cm³/mol. The number of nitrogens with zero attached hydrogens (tertiary/aromatic N) is 1. The Morgan fingerprint density at radius 3 is 2.87 bits per heavy atom. The van der Waals surface area contributed by atoms with E-state index in [0.29, 0.717) is 5.82 Å². The Labute approximate surface area is 101 Å². The van der Waals surface area contributed by atoms with Gasteiger partial charge in [-0.2, -0.15) is 5.10 Å². The van der Waals surface area contributed by atoms with Crippen LogP contribution in [0.1, 0.15) is 18.1 Å². The van der Waals surface area contributed by atoms with Gasteiger partial charge in [-0.05, 0) is 40.9 Å². The van der Waals surface area contributed by atoms with Crippen molar-refractivity contribution in [2.24, 2.45) is 0 Å². The number of anilines is 1. The average molecular weight is 286 g/mol. The fourth-order valence-corrected chi connectivity index (χ4v) is 3.08. The summed E-state index contributed by atoms with van der Waals surface area (Å²) in [4.78, 5) is 1.18. The molecule has 0 atom stereocenters. The highest BCUT2D eigenvalue weighted by Crippen LogP contribution is 2.36. The van der Waals surface area contributed by atoms with Gasteiger partial charge in [0.15, 0.2) is 0 Å². The van der Waals surface area contributed by atoms with Crippen LogP contribution in [0.15, 0.2) is 9.85 Å². The van der Waals surface area contributed by atoms with Crippen LogP contribution in [0.2, 0.25) is 0 Å². The first kappa shape index (κ1) is 10.7. The van der Waals surface area contributed by atoms with Gasteiger partial charge in [0.2, 0.25) is 0 Å². The second-order valence-electron chi connectivity index (χ2n) is 3.38. The van der Waals surface area contributed by atoms with Crippen LogP contribution in [0.3, 0.4) is 0 Å². The van der Waals surface area contributed by atoms with Crippen molar-refractivity contribution in [3.63, 3.8) is 0 Å². The lowest BCUT2D eigenvalue weighted by molar-refractivity contribution is 1.11. The summed E-state index contributed by atoms with van der Waals surface area (Å²) in [6, 6.07) is 2.14. The third-order valence-corrected chi connectivity index (χ3v) is 4.51. The van der Waals surface area contributed by atoms with E-state index in [-0.39, 0.29) is 0 Å². The minimum atomic E-state index is 0.606. The van der Waals surface area contributed by atoms with E-state index < -0.39 is 0 Å². The van der Waals surface area contributed by atoms with E-state index >= 15 is 0 Å². The van der Waals surface area contributed by atoms with E-state index in [9.17, 15) is 0 Å². The molecule has 0 spiro atoms. The molecule has 0 radical (unpaired) electrons. The van der Waals surface area contributed by atoms with E-state index in [2.05, 4.69) is 46.0 Å². The number of thiophene rings is 1. The minimum absolute atomic E-state index is 0.606. The zero-order chi connectivity index (χ0) is 11.0. The summed E-state index contributed by atoms with van der Waals surface area (Å²) in [6.07, 6.45) is 0.895. The molecular formula is C10H12BrN3S. The van der Waals surface area contributed by atoms with Crippen molar-refractivity contribution in [2.45, 2.75) is 20.3 Å². The van der Waals surface area contributed by atoms with E-state index in [1.807, 2.05) is 0 Å². The summed E-state index contributed by atoms with van der Waals surface area (Å²) in [5.74, 6) is 0.606. The topological polar surface area (TPSA) is 54.7 Å². The summed E-state index contributed by atoms with van der Waals surface area (Å²) in [7, 11) is 0. The lowest BCUT2D eigenvalue weighted by Gasteiger charge is -1.96. The Morgan fingerprint density at radius 1 is 1.60 bits per heavy atom. The Bertz CT molecular complexity index is 467. The second-order valence-corrected chi connectivity index (χ2v) is 5.75. The summed E-state index contributed by atoms with van der Waals surface area (Å²) in [6.45, 7) is 4.16. The number of H-pyrrole nitrogens is 1. The molecule has 2 aromatic heterocycles. The molecule has 2 aromatic rings. The van der Waals surface area contributed by atoms with Crippen molar-refractivity contribution in [1.29, 1.82) is 0 Å². The lowest BCUT2D eigenvalue weighted by Crippen LogP contribution is -1.90. The first-order chi connectivity index (χ1) is 7.13. The first-order valence-electron chi connectivity index (χ1n) is 4.72. The molecule has 0 aliphatic rings. The monoisotopic (exact) mass is 285 g/mol. The summed E-state index contributed by atoms with van der Waals surface area (Å²) >= 11 is 5.22. The van der Waals surface area contributed by atoms with E-state index in [0.717, 1.165) is 21.5 Å². The molecule has 0 amide bonds. The molecule has 0 unspecified atom stereocenters. The Morgan fingerprint density at radius 2 is 2.33 bits per heavy atom. The number of hydrogen-bond donors (Lipinski definition) is 2. The van der Waals surface area contributed by atoms with Gasteiger partial charge >= 0.3 is 0 Å². The van der Waals surface area contributed by atoms with Gasteiger partial charge in [0, 0.05) is 5.56 Å². The van der Waals surface area contributed by atoms with Crippen molar-refractivity contribution in [1.82, 2.24) is 10.2 Å². The molecular weight excluding hydrogens is 274 g/mol. The SMILES string of the molecule is CCc1c(N)n[nH]c1-c1cc(C)c(Br)s1. The molecule has 0 aromatic carbocycles. The molecule has 3 nitrogen and oxygen atoms in total.